The Labute approximate surface area is 128 Å². The van der Waals surface area contributed by atoms with Crippen molar-refractivity contribution < 1.29 is 9.47 Å². The molecule has 4 heteroatoms. The maximum atomic E-state index is 5.49. The van der Waals surface area contributed by atoms with E-state index in [2.05, 4.69) is 36.2 Å². The van der Waals surface area contributed by atoms with Crippen molar-refractivity contribution in [2.75, 3.05) is 33.9 Å². The van der Waals surface area contributed by atoms with Crippen molar-refractivity contribution in [3.8, 4) is 11.5 Å². The largest absolute Gasteiger partial charge is 0.493 e. The number of benzene rings is 1. The van der Waals surface area contributed by atoms with Gasteiger partial charge in [-0.05, 0) is 49.2 Å². The zero-order chi connectivity index (χ0) is 15.2. The van der Waals surface area contributed by atoms with Crippen LogP contribution in [0.15, 0.2) is 12.1 Å². The van der Waals surface area contributed by atoms with Gasteiger partial charge in [0.2, 0.25) is 0 Å². The highest BCUT2D eigenvalue weighted by Gasteiger charge is 2.26. The molecular formula is C17H28N2O2. The normalized spacial score (nSPS) is 17.7. The lowest BCUT2D eigenvalue weighted by atomic mass is 9.94. The van der Waals surface area contributed by atoms with Gasteiger partial charge in [-0.25, -0.2) is 0 Å². The summed E-state index contributed by atoms with van der Waals surface area (Å²) in [7, 11) is 3.40. The van der Waals surface area contributed by atoms with Crippen LogP contribution in [0.2, 0.25) is 0 Å². The third-order valence-electron chi connectivity index (χ3n) is 4.12. The summed E-state index contributed by atoms with van der Waals surface area (Å²) < 4.78 is 10.9. The summed E-state index contributed by atoms with van der Waals surface area (Å²) >= 11 is 0. The summed E-state index contributed by atoms with van der Waals surface area (Å²) in [5.41, 5.74) is 2.70. The summed E-state index contributed by atoms with van der Waals surface area (Å²) in [6.45, 7) is 8.66. The van der Waals surface area contributed by atoms with Crippen LogP contribution < -0.4 is 14.8 Å². The van der Waals surface area contributed by atoms with E-state index in [1.165, 1.54) is 24.0 Å². The summed E-state index contributed by atoms with van der Waals surface area (Å²) in [5, 5.41) is 3.54. The summed E-state index contributed by atoms with van der Waals surface area (Å²) in [6.07, 6.45) is 2.36. The molecule has 4 nitrogen and oxygen atoms in total. The maximum absolute atomic E-state index is 5.49. The van der Waals surface area contributed by atoms with E-state index in [1.807, 2.05) is 0 Å². The molecule has 0 saturated heterocycles. The van der Waals surface area contributed by atoms with Gasteiger partial charge in [-0.1, -0.05) is 13.8 Å². The third-order valence-corrected chi connectivity index (χ3v) is 4.12. The van der Waals surface area contributed by atoms with Crippen LogP contribution >= 0.6 is 0 Å². The first-order valence-corrected chi connectivity index (χ1v) is 7.94. The molecule has 118 valence electrons. The Hall–Kier alpha value is -1.26. The standard InChI is InChI=1S/C17H28N2O2/c1-5-7-19(8-6-2)15-12-18-11-13-9-16(20-3)17(21-4)10-14(13)15/h9-10,15,18H,5-8,11-12H2,1-4H3/t15-/m0/s1. The predicted octanol–water partition coefficient (Wildman–Crippen LogP) is 2.97. The number of hydrogen-bond donors (Lipinski definition) is 1. The lowest BCUT2D eigenvalue weighted by molar-refractivity contribution is 0.184. The van der Waals surface area contributed by atoms with E-state index in [0.29, 0.717) is 6.04 Å². The zero-order valence-corrected chi connectivity index (χ0v) is 13.7. The topological polar surface area (TPSA) is 33.7 Å². The molecule has 1 aromatic carbocycles. The van der Waals surface area contributed by atoms with E-state index < -0.39 is 0 Å². The molecule has 2 rings (SSSR count). The minimum absolute atomic E-state index is 0.424. The van der Waals surface area contributed by atoms with Crippen molar-refractivity contribution in [2.24, 2.45) is 0 Å². The Balaban J connectivity index is 2.36. The maximum Gasteiger partial charge on any atom is 0.161 e. The lowest BCUT2D eigenvalue weighted by Gasteiger charge is -2.36. The summed E-state index contributed by atoms with van der Waals surface area (Å²) in [6, 6.07) is 4.70. The SMILES string of the molecule is CCCN(CCC)[C@H]1CNCc2cc(OC)c(OC)cc21. The number of nitrogens with one attached hydrogen (secondary N) is 1. The van der Waals surface area contributed by atoms with Crippen LogP contribution in [0, 0.1) is 0 Å². The molecule has 1 aliphatic rings. The van der Waals surface area contributed by atoms with Gasteiger partial charge in [0.1, 0.15) is 0 Å². The average Bonchev–Trinajstić information content (AvgIpc) is 2.52. The molecule has 0 aliphatic carbocycles. The summed E-state index contributed by atoms with van der Waals surface area (Å²) in [5.74, 6) is 1.65. The predicted molar refractivity (Wildman–Crippen MR) is 86.1 cm³/mol. The second-order valence-corrected chi connectivity index (χ2v) is 5.59. The Kier molecular flexibility index (Phi) is 5.88. The van der Waals surface area contributed by atoms with Crippen molar-refractivity contribution >= 4 is 0 Å². The van der Waals surface area contributed by atoms with Crippen molar-refractivity contribution in [3.05, 3.63) is 23.3 Å². The highest BCUT2D eigenvalue weighted by molar-refractivity contribution is 5.49. The minimum Gasteiger partial charge on any atom is -0.493 e. The van der Waals surface area contributed by atoms with E-state index in [9.17, 15) is 0 Å². The van der Waals surface area contributed by atoms with Crippen LogP contribution in [0.5, 0.6) is 11.5 Å². The van der Waals surface area contributed by atoms with Gasteiger partial charge < -0.3 is 14.8 Å². The first-order chi connectivity index (χ1) is 10.2. The number of hydrogen-bond acceptors (Lipinski definition) is 4. The summed E-state index contributed by atoms with van der Waals surface area (Å²) in [4.78, 5) is 2.58. The molecule has 1 aromatic rings. The molecule has 0 bridgehead atoms. The Bertz CT molecular complexity index is 456. The van der Waals surface area contributed by atoms with Gasteiger partial charge in [0.15, 0.2) is 11.5 Å². The molecule has 0 radical (unpaired) electrons. The van der Waals surface area contributed by atoms with Crippen LogP contribution in [0.1, 0.15) is 43.9 Å². The van der Waals surface area contributed by atoms with Gasteiger partial charge in [-0.3, -0.25) is 4.90 Å². The molecule has 1 N–H and O–H groups in total. The van der Waals surface area contributed by atoms with Crippen LogP contribution in [-0.4, -0.2) is 38.8 Å². The van der Waals surface area contributed by atoms with E-state index >= 15 is 0 Å². The zero-order valence-electron chi connectivity index (χ0n) is 13.7. The highest BCUT2D eigenvalue weighted by Crippen LogP contribution is 2.36. The van der Waals surface area contributed by atoms with Gasteiger partial charge >= 0.3 is 0 Å². The lowest BCUT2D eigenvalue weighted by Crippen LogP contribution is -2.40. The van der Waals surface area contributed by atoms with E-state index in [0.717, 1.165) is 37.7 Å². The Morgan fingerprint density at radius 1 is 1.10 bits per heavy atom. The highest BCUT2D eigenvalue weighted by atomic mass is 16.5. The number of nitrogens with zero attached hydrogens (tertiary/aromatic N) is 1. The monoisotopic (exact) mass is 292 g/mol. The van der Waals surface area contributed by atoms with Crippen molar-refractivity contribution in [2.45, 2.75) is 39.3 Å². The number of rotatable bonds is 7. The smallest absolute Gasteiger partial charge is 0.161 e. The minimum atomic E-state index is 0.424. The van der Waals surface area contributed by atoms with Crippen LogP contribution in [0.4, 0.5) is 0 Å². The molecule has 0 unspecified atom stereocenters. The van der Waals surface area contributed by atoms with E-state index in [4.69, 9.17) is 9.47 Å². The van der Waals surface area contributed by atoms with Crippen molar-refractivity contribution in [1.82, 2.24) is 10.2 Å². The molecule has 1 aliphatic heterocycles. The van der Waals surface area contributed by atoms with E-state index in [-0.39, 0.29) is 0 Å². The molecule has 0 fully saturated rings. The van der Waals surface area contributed by atoms with Gasteiger partial charge in [-0.2, -0.15) is 0 Å². The molecule has 21 heavy (non-hydrogen) atoms. The number of fused-ring (bicyclic) bond motifs is 1. The fourth-order valence-electron chi connectivity index (χ4n) is 3.18. The third kappa shape index (κ3) is 3.50. The average molecular weight is 292 g/mol. The molecule has 1 atom stereocenters. The van der Waals surface area contributed by atoms with Crippen LogP contribution in [0.25, 0.3) is 0 Å². The second kappa shape index (κ2) is 7.66. The van der Waals surface area contributed by atoms with Gasteiger partial charge in [-0.15, -0.1) is 0 Å². The van der Waals surface area contributed by atoms with E-state index in [1.54, 1.807) is 14.2 Å². The van der Waals surface area contributed by atoms with Gasteiger partial charge in [0, 0.05) is 19.1 Å². The Morgan fingerprint density at radius 3 is 2.29 bits per heavy atom. The second-order valence-electron chi connectivity index (χ2n) is 5.59. The molecular weight excluding hydrogens is 264 g/mol. The molecule has 1 heterocycles. The van der Waals surface area contributed by atoms with Crippen LogP contribution in [0.3, 0.4) is 0 Å². The van der Waals surface area contributed by atoms with Crippen molar-refractivity contribution in [1.29, 1.82) is 0 Å². The molecule has 0 aromatic heterocycles. The number of ether oxygens (including phenoxy) is 2. The van der Waals surface area contributed by atoms with Crippen molar-refractivity contribution in [3.63, 3.8) is 0 Å². The molecule has 0 saturated carbocycles. The first kappa shape index (κ1) is 16.1. The quantitative estimate of drug-likeness (QED) is 0.838. The van der Waals surface area contributed by atoms with Crippen LogP contribution in [-0.2, 0) is 6.54 Å². The first-order valence-electron chi connectivity index (χ1n) is 7.94. The van der Waals surface area contributed by atoms with Gasteiger partial charge in [0.25, 0.3) is 0 Å². The Morgan fingerprint density at radius 2 is 1.71 bits per heavy atom. The fraction of sp³-hybridized carbons (Fsp3) is 0.647. The molecule has 0 spiro atoms. The number of methoxy groups -OCH3 is 2. The fourth-order valence-corrected chi connectivity index (χ4v) is 3.18. The molecule has 0 amide bonds. The van der Waals surface area contributed by atoms with Gasteiger partial charge in [0.05, 0.1) is 14.2 Å².